The smallest absolute Gasteiger partial charge is 0.329 e. The average molecular weight is 426 g/mol. The third kappa shape index (κ3) is 5.07. The predicted octanol–water partition coefficient (Wildman–Crippen LogP) is 5.48. The molecule has 1 fully saturated rings. The second-order valence-electron chi connectivity index (χ2n) is 9.25. The van der Waals surface area contributed by atoms with Gasteiger partial charge in [0.1, 0.15) is 6.04 Å². The number of rotatable bonds is 5. The van der Waals surface area contributed by atoms with E-state index in [0.29, 0.717) is 17.9 Å². The van der Waals surface area contributed by atoms with Gasteiger partial charge in [-0.25, -0.2) is 4.79 Å². The van der Waals surface area contributed by atoms with Crippen LogP contribution in [0.5, 0.6) is 0 Å². The Kier molecular flexibility index (Phi) is 6.91. The van der Waals surface area contributed by atoms with Crippen LogP contribution in [0.2, 0.25) is 0 Å². The molecule has 2 aromatic rings. The van der Waals surface area contributed by atoms with Crippen LogP contribution >= 0.6 is 11.8 Å². The molecule has 0 N–H and O–H groups in total. The molecule has 0 aromatic heterocycles. The normalized spacial score (nSPS) is 19.2. The van der Waals surface area contributed by atoms with Gasteiger partial charge in [0.05, 0.1) is 12.0 Å². The highest BCUT2D eigenvalue weighted by Gasteiger charge is 2.47. The number of nitrogens with zero attached hydrogens (tertiary/aromatic N) is 1. The van der Waals surface area contributed by atoms with Crippen molar-refractivity contribution in [3.05, 3.63) is 60.2 Å². The van der Waals surface area contributed by atoms with Crippen LogP contribution in [0.3, 0.4) is 0 Å². The molecule has 0 spiro atoms. The number of carbonyl (C=O) groups excluding carboxylic acids is 2. The quantitative estimate of drug-likeness (QED) is 0.595. The summed E-state index contributed by atoms with van der Waals surface area (Å²) in [4.78, 5) is 28.0. The first-order chi connectivity index (χ1) is 14.2. The molecule has 0 bridgehead atoms. The maximum Gasteiger partial charge on any atom is 0.329 e. The van der Waals surface area contributed by atoms with Crippen molar-refractivity contribution in [2.45, 2.75) is 46.0 Å². The van der Waals surface area contributed by atoms with E-state index in [0.717, 1.165) is 11.1 Å². The van der Waals surface area contributed by atoms with Gasteiger partial charge in [-0.15, -0.1) is 11.8 Å². The lowest BCUT2D eigenvalue weighted by Crippen LogP contribution is -2.50. The minimum absolute atomic E-state index is 0.0876. The zero-order valence-electron chi connectivity index (χ0n) is 18.4. The summed E-state index contributed by atoms with van der Waals surface area (Å²) in [6.45, 7) is 10.7. The molecule has 2 atom stereocenters. The van der Waals surface area contributed by atoms with Crippen LogP contribution in [0.25, 0.3) is 11.1 Å². The Morgan fingerprint density at radius 2 is 1.63 bits per heavy atom. The van der Waals surface area contributed by atoms with Crippen molar-refractivity contribution in [2.24, 2.45) is 11.3 Å². The Balaban J connectivity index is 1.85. The van der Waals surface area contributed by atoms with Crippen LogP contribution in [0.1, 0.15) is 45.0 Å². The molecule has 30 heavy (non-hydrogen) atoms. The number of hydrogen-bond acceptors (Lipinski definition) is 4. The lowest BCUT2D eigenvalue weighted by molar-refractivity contribution is -0.149. The Morgan fingerprint density at radius 3 is 2.20 bits per heavy atom. The lowest BCUT2D eigenvalue weighted by Gasteiger charge is -2.36. The van der Waals surface area contributed by atoms with Crippen LogP contribution < -0.4 is 0 Å². The van der Waals surface area contributed by atoms with Crippen molar-refractivity contribution in [1.29, 1.82) is 0 Å². The molecule has 1 aliphatic heterocycles. The number of ether oxygens (including phenoxy) is 1. The van der Waals surface area contributed by atoms with E-state index in [4.69, 9.17) is 4.74 Å². The molecule has 0 aliphatic carbocycles. The molecule has 4 nitrogen and oxygen atoms in total. The standard InChI is InChI=1S/C25H31NO3S/c1-17(2)15-29-23(28)21-16-30-24(25(3,4)5)26(21)22(27)20-13-11-19(12-14-20)18-9-7-6-8-10-18/h6-14,17,21,24H,15-16H2,1-5H3. The van der Waals surface area contributed by atoms with E-state index in [-0.39, 0.29) is 28.6 Å². The van der Waals surface area contributed by atoms with E-state index in [1.165, 1.54) is 0 Å². The molecule has 1 heterocycles. The van der Waals surface area contributed by atoms with Crippen molar-refractivity contribution >= 4 is 23.6 Å². The van der Waals surface area contributed by atoms with E-state index >= 15 is 0 Å². The fourth-order valence-electron chi connectivity index (χ4n) is 3.53. The molecule has 2 unspecified atom stereocenters. The highest BCUT2D eigenvalue weighted by atomic mass is 32.2. The minimum atomic E-state index is -0.556. The Morgan fingerprint density at radius 1 is 1.03 bits per heavy atom. The topological polar surface area (TPSA) is 46.6 Å². The zero-order chi connectivity index (χ0) is 21.9. The van der Waals surface area contributed by atoms with Gasteiger partial charge in [-0.3, -0.25) is 4.79 Å². The summed E-state index contributed by atoms with van der Waals surface area (Å²) in [7, 11) is 0. The molecular weight excluding hydrogens is 394 g/mol. The monoisotopic (exact) mass is 425 g/mol. The van der Waals surface area contributed by atoms with Gasteiger partial charge in [0, 0.05) is 11.3 Å². The van der Waals surface area contributed by atoms with E-state index in [2.05, 4.69) is 20.8 Å². The van der Waals surface area contributed by atoms with Crippen LogP contribution in [0.4, 0.5) is 0 Å². The fraction of sp³-hybridized carbons (Fsp3) is 0.440. The van der Waals surface area contributed by atoms with Crippen LogP contribution in [-0.2, 0) is 9.53 Å². The first-order valence-corrected chi connectivity index (χ1v) is 11.5. The SMILES string of the molecule is CC(C)COC(=O)C1CSC(C(C)(C)C)N1C(=O)c1ccc(-c2ccccc2)cc1. The molecule has 1 saturated heterocycles. The number of esters is 1. The van der Waals surface area contributed by atoms with E-state index in [9.17, 15) is 9.59 Å². The molecule has 0 saturated carbocycles. The van der Waals surface area contributed by atoms with Crippen molar-refractivity contribution in [1.82, 2.24) is 4.90 Å². The minimum Gasteiger partial charge on any atom is -0.464 e. The largest absolute Gasteiger partial charge is 0.464 e. The Labute approximate surface area is 184 Å². The van der Waals surface area contributed by atoms with Gasteiger partial charge in [0.25, 0.3) is 5.91 Å². The number of thioether (sulfide) groups is 1. The maximum absolute atomic E-state index is 13.5. The molecule has 1 amide bonds. The summed E-state index contributed by atoms with van der Waals surface area (Å²) in [6, 6.07) is 17.1. The zero-order valence-corrected chi connectivity index (χ0v) is 19.2. The van der Waals surface area contributed by atoms with Crippen LogP contribution in [-0.4, -0.2) is 40.6 Å². The van der Waals surface area contributed by atoms with Crippen molar-refractivity contribution < 1.29 is 14.3 Å². The van der Waals surface area contributed by atoms with Crippen molar-refractivity contribution in [3.63, 3.8) is 0 Å². The first kappa shape index (κ1) is 22.4. The summed E-state index contributed by atoms with van der Waals surface area (Å²) in [5.41, 5.74) is 2.60. The maximum atomic E-state index is 13.5. The molecule has 5 heteroatoms. The van der Waals surface area contributed by atoms with Crippen molar-refractivity contribution in [3.8, 4) is 11.1 Å². The highest BCUT2D eigenvalue weighted by Crippen LogP contribution is 2.41. The predicted molar refractivity (Wildman–Crippen MR) is 123 cm³/mol. The van der Waals surface area contributed by atoms with Gasteiger partial charge in [0.2, 0.25) is 0 Å². The number of hydrogen-bond donors (Lipinski definition) is 0. The van der Waals surface area contributed by atoms with Crippen LogP contribution in [0.15, 0.2) is 54.6 Å². The van der Waals surface area contributed by atoms with Gasteiger partial charge in [0.15, 0.2) is 0 Å². The van der Waals surface area contributed by atoms with Gasteiger partial charge in [-0.1, -0.05) is 77.1 Å². The summed E-state index contributed by atoms with van der Waals surface area (Å²) < 4.78 is 5.50. The first-order valence-electron chi connectivity index (χ1n) is 10.4. The molecule has 160 valence electrons. The van der Waals surface area contributed by atoms with Crippen molar-refractivity contribution in [2.75, 3.05) is 12.4 Å². The van der Waals surface area contributed by atoms with Gasteiger partial charge >= 0.3 is 5.97 Å². The second-order valence-corrected chi connectivity index (χ2v) is 10.4. The fourth-order valence-corrected chi connectivity index (χ4v) is 5.10. The third-order valence-corrected chi connectivity index (χ3v) is 6.80. The molecule has 0 radical (unpaired) electrons. The summed E-state index contributed by atoms with van der Waals surface area (Å²) in [5.74, 6) is 0.395. The van der Waals surface area contributed by atoms with Crippen LogP contribution in [0, 0.1) is 11.3 Å². The molecule has 3 rings (SSSR count). The number of carbonyl (C=O) groups is 2. The van der Waals surface area contributed by atoms with Gasteiger partial charge in [-0.05, 0) is 34.6 Å². The number of amides is 1. The lowest BCUT2D eigenvalue weighted by atomic mass is 9.94. The Bertz CT molecular complexity index is 872. The second kappa shape index (κ2) is 9.25. The van der Waals surface area contributed by atoms with Gasteiger partial charge in [-0.2, -0.15) is 0 Å². The highest BCUT2D eigenvalue weighted by molar-refractivity contribution is 8.00. The van der Waals surface area contributed by atoms with Gasteiger partial charge < -0.3 is 9.64 Å². The molecule has 1 aliphatic rings. The van der Waals surface area contributed by atoms with E-state index in [1.807, 2.05) is 68.4 Å². The molecule has 2 aromatic carbocycles. The molecular formula is C25H31NO3S. The average Bonchev–Trinajstić information content (AvgIpc) is 3.18. The van der Waals surface area contributed by atoms with E-state index in [1.54, 1.807) is 16.7 Å². The number of benzene rings is 2. The summed E-state index contributed by atoms with van der Waals surface area (Å²) in [6.07, 6.45) is 0. The Hall–Kier alpha value is -2.27. The van der Waals surface area contributed by atoms with E-state index < -0.39 is 6.04 Å². The summed E-state index contributed by atoms with van der Waals surface area (Å²) in [5, 5.41) is -0.0876. The third-order valence-electron chi connectivity index (χ3n) is 5.05. The summed E-state index contributed by atoms with van der Waals surface area (Å²) >= 11 is 1.66.